The molecule has 0 aromatic heterocycles. The molecule has 0 amide bonds. The minimum absolute atomic E-state index is 0. The molecule has 0 radical (unpaired) electrons. The van der Waals surface area contributed by atoms with Gasteiger partial charge in [0.1, 0.15) is 5.79 Å². The van der Waals surface area contributed by atoms with E-state index in [-0.39, 0.29) is 24.8 Å². The van der Waals surface area contributed by atoms with Gasteiger partial charge in [0.15, 0.2) is 0 Å². The van der Waals surface area contributed by atoms with E-state index in [1.165, 1.54) is 83.0 Å². The zero-order chi connectivity index (χ0) is 19.9. The van der Waals surface area contributed by atoms with Gasteiger partial charge in [-0.3, -0.25) is 11.1 Å². The van der Waals surface area contributed by atoms with E-state index in [2.05, 4.69) is 39.8 Å². The van der Waals surface area contributed by atoms with Crippen LogP contribution in [-0.2, 0) is 5.66 Å². The molecule has 1 saturated heterocycles. The summed E-state index contributed by atoms with van der Waals surface area (Å²) in [5, 5.41) is 7.40. The first-order valence-corrected chi connectivity index (χ1v) is 12.0. The third kappa shape index (κ3) is 5.51. The fraction of sp³-hybridized carbons (Fsp3) is 0.750. The summed E-state index contributed by atoms with van der Waals surface area (Å²) in [6, 6.07) is 8.48. The zero-order valence-electron chi connectivity index (χ0n) is 18.7. The summed E-state index contributed by atoms with van der Waals surface area (Å²) in [4.78, 5) is 2.70. The van der Waals surface area contributed by atoms with Crippen LogP contribution in [0, 0.1) is 17.8 Å². The van der Waals surface area contributed by atoms with Crippen molar-refractivity contribution in [3.63, 3.8) is 0 Å². The van der Waals surface area contributed by atoms with Crippen molar-refractivity contribution >= 4 is 30.5 Å². The van der Waals surface area contributed by atoms with Crippen molar-refractivity contribution < 1.29 is 0 Å². The Morgan fingerprint density at radius 1 is 0.871 bits per heavy atom. The van der Waals surface area contributed by atoms with E-state index in [1.807, 2.05) is 0 Å². The van der Waals surface area contributed by atoms with Crippen LogP contribution < -0.4 is 22.1 Å². The molecule has 2 unspecified atom stereocenters. The van der Waals surface area contributed by atoms with E-state index in [0.29, 0.717) is 5.92 Å². The third-order valence-electron chi connectivity index (χ3n) is 7.94. The molecule has 2 aliphatic carbocycles. The van der Waals surface area contributed by atoms with Crippen LogP contribution in [0.25, 0.3) is 0 Å². The molecule has 5 nitrogen and oxygen atoms in total. The number of halogens is 2. The van der Waals surface area contributed by atoms with Crippen LogP contribution in [-0.4, -0.2) is 30.3 Å². The van der Waals surface area contributed by atoms with E-state index < -0.39 is 11.4 Å². The minimum Gasteiger partial charge on any atom is -0.355 e. The lowest BCUT2D eigenvalue weighted by Crippen LogP contribution is -2.74. The molecule has 2 saturated carbocycles. The summed E-state index contributed by atoms with van der Waals surface area (Å²) in [5.41, 5.74) is 15.8. The molecule has 2 atom stereocenters. The quantitative estimate of drug-likeness (QED) is 0.514. The summed E-state index contributed by atoms with van der Waals surface area (Å²) < 4.78 is 0. The number of hydrogen-bond donors (Lipinski definition) is 4. The van der Waals surface area contributed by atoms with Crippen molar-refractivity contribution in [2.24, 2.45) is 29.2 Å². The molecular formula is C24H41Cl2N5. The molecule has 2 heterocycles. The summed E-state index contributed by atoms with van der Waals surface area (Å²) in [6.07, 6.45) is 12.7. The Hall–Kier alpha value is -0.560. The molecule has 0 spiro atoms. The monoisotopic (exact) mass is 469 g/mol. The fourth-order valence-electron chi connectivity index (χ4n) is 6.12. The van der Waals surface area contributed by atoms with Crippen molar-refractivity contribution in [2.45, 2.75) is 75.7 Å². The van der Waals surface area contributed by atoms with Crippen LogP contribution in [0.15, 0.2) is 24.3 Å². The smallest absolute Gasteiger partial charge is 0.145 e. The molecule has 1 aromatic carbocycles. The van der Waals surface area contributed by atoms with Crippen molar-refractivity contribution in [2.75, 3.05) is 25.0 Å². The average molecular weight is 471 g/mol. The molecule has 7 heteroatoms. The number of para-hydroxylation sites is 1. The number of anilines is 1. The molecule has 176 valence electrons. The largest absolute Gasteiger partial charge is 0.355 e. The first-order chi connectivity index (χ1) is 14.0. The number of rotatable bonds is 5. The van der Waals surface area contributed by atoms with Gasteiger partial charge >= 0.3 is 0 Å². The second-order valence-electron chi connectivity index (χ2n) is 10.4. The molecule has 2 aliphatic heterocycles. The first-order valence-electron chi connectivity index (χ1n) is 12.0. The highest BCUT2D eigenvalue weighted by Crippen LogP contribution is 2.45. The van der Waals surface area contributed by atoms with Crippen LogP contribution in [0.3, 0.4) is 0 Å². The maximum Gasteiger partial charge on any atom is 0.145 e. The van der Waals surface area contributed by atoms with Gasteiger partial charge in [-0.2, -0.15) is 0 Å². The van der Waals surface area contributed by atoms with E-state index in [9.17, 15) is 0 Å². The second kappa shape index (κ2) is 10.1. The van der Waals surface area contributed by atoms with Gasteiger partial charge in [0.2, 0.25) is 0 Å². The molecule has 3 fully saturated rings. The molecule has 1 aromatic rings. The first kappa shape index (κ1) is 25.1. The van der Waals surface area contributed by atoms with Gasteiger partial charge in [-0.05, 0) is 75.9 Å². The number of benzene rings is 1. The van der Waals surface area contributed by atoms with Gasteiger partial charge in [-0.25, -0.2) is 0 Å². The molecule has 0 bridgehead atoms. The molecular weight excluding hydrogens is 429 g/mol. The summed E-state index contributed by atoms with van der Waals surface area (Å²) in [5.74, 6) is 1.37. The Kier molecular flexibility index (Phi) is 8.21. The number of fused-ring (bicyclic) bond motifs is 1. The number of nitrogens with one attached hydrogen (secondary N) is 2. The third-order valence-corrected chi connectivity index (χ3v) is 7.94. The highest BCUT2D eigenvalue weighted by molar-refractivity contribution is 5.85. The van der Waals surface area contributed by atoms with Crippen LogP contribution in [0.1, 0.15) is 69.8 Å². The molecule has 5 rings (SSSR count). The lowest BCUT2D eigenvalue weighted by Gasteiger charge is -2.52. The van der Waals surface area contributed by atoms with Gasteiger partial charge in [-0.1, -0.05) is 37.5 Å². The Bertz CT molecular complexity index is 716. The fourth-order valence-corrected chi connectivity index (χ4v) is 6.12. The van der Waals surface area contributed by atoms with Gasteiger partial charge < -0.3 is 16.0 Å². The van der Waals surface area contributed by atoms with Gasteiger partial charge in [0.25, 0.3) is 0 Å². The van der Waals surface area contributed by atoms with Crippen molar-refractivity contribution in [3.05, 3.63) is 29.8 Å². The summed E-state index contributed by atoms with van der Waals surface area (Å²) >= 11 is 0. The number of hydrogen-bond acceptors (Lipinski definition) is 5. The maximum absolute atomic E-state index is 7.04. The van der Waals surface area contributed by atoms with Crippen molar-refractivity contribution in [1.29, 1.82) is 0 Å². The van der Waals surface area contributed by atoms with Crippen molar-refractivity contribution in [1.82, 2.24) is 10.2 Å². The Labute approximate surface area is 200 Å². The summed E-state index contributed by atoms with van der Waals surface area (Å²) in [7, 11) is 0. The van der Waals surface area contributed by atoms with Crippen LogP contribution in [0.5, 0.6) is 0 Å². The van der Waals surface area contributed by atoms with Crippen LogP contribution in [0.4, 0.5) is 5.69 Å². The van der Waals surface area contributed by atoms with E-state index in [4.69, 9.17) is 11.5 Å². The lowest BCUT2D eigenvalue weighted by molar-refractivity contribution is 0.0901. The van der Waals surface area contributed by atoms with Crippen LogP contribution in [0.2, 0.25) is 0 Å². The SMILES string of the molecule is Cl.Cl.NC1(CC2CC2)NC(N)(C2CCC(CN3CCCCC3)CC2)Nc2ccccc21. The Morgan fingerprint density at radius 2 is 1.52 bits per heavy atom. The molecule has 31 heavy (non-hydrogen) atoms. The number of nitrogens with two attached hydrogens (primary N) is 2. The van der Waals surface area contributed by atoms with Gasteiger partial charge in [-0.15, -0.1) is 24.8 Å². The molecule has 4 aliphatic rings. The number of likely N-dealkylation sites (tertiary alicyclic amines) is 1. The van der Waals surface area contributed by atoms with Gasteiger partial charge in [0.05, 0.1) is 5.66 Å². The molecule has 6 N–H and O–H groups in total. The number of piperidine rings is 1. The Balaban J connectivity index is 0.00000136. The lowest BCUT2D eigenvalue weighted by atomic mass is 9.76. The van der Waals surface area contributed by atoms with Crippen molar-refractivity contribution in [3.8, 4) is 0 Å². The highest BCUT2D eigenvalue weighted by atomic mass is 35.5. The standard InChI is InChI=1S/C24H39N5.2ClH/c25-23(16-18-8-9-18)21-6-2-3-7-22(21)27-24(26,28-23)20-12-10-19(11-13-20)17-29-14-4-1-5-15-29;;/h2-3,6-7,18-20,27-28H,1,4-5,8-17,25-26H2;2*1H. The average Bonchev–Trinajstić information content (AvgIpc) is 3.53. The van der Waals surface area contributed by atoms with Gasteiger partial charge in [0, 0.05) is 23.7 Å². The minimum atomic E-state index is -0.617. The summed E-state index contributed by atoms with van der Waals surface area (Å²) in [6.45, 7) is 3.89. The predicted molar refractivity (Wildman–Crippen MR) is 134 cm³/mol. The van der Waals surface area contributed by atoms with E-state index in [0.717, 1.165) is 23.9 Å². The maximum atomic E-state index is 7.04. The predicted octanol–water partition coefficient (Wildman–Crippen LogP) is 4.36. The normalized spacial score (nSPS) is 35.8. The second-order valence-corrected chi connectivity index (χ2v) is 10.4. The highest BCUT2D eigenvalue weighted by Gasteiger charge is 2.49. The zero-order valence-corrected chi connectivity index (χ0v) is 20.3. The van der Waals surface area contributed by atoms with E-state index >= 15 is 0 Å². The number of nitrogens with zero attached hydrogens (tertiary/aromatic N) is 1. The topological polar surface area (TPSA) is 79.3 Å². The Morgan fingerprint density at radius 3 is 2.19 bits per heavy atom. The van der Waals surface area contributed by atoms with E-state index in [1.54, 1.807) is 0 Å². The van der Waals surface area contributed by atoms with Crippen LogP contribution >= 0.6 is 24.8 Å².